The predicted molar refractivity (Wildman–Crippen MR) is 119 cm³/mol. The van der Waals surface area contributed by atoms with Crippen LogP contribution in [0.4, 0.5) is 0 Å². The highest BCUT2D eigenvalue weighted by Crippen LogP contribution is 2.29. The lowest BCUT2D eigenvalue weighted by Gasteiger charge is -2.10. The van der Waals surface area contributed by atoms with Crippen molar-refractivity contribution in [3.63, 3.8) is 0 Å². The molecule has 0 aliphatic carbocycles. The van der Waals surface area contributed by atoms with E-state index in [1.165, 1.54) is 16.2 Å². The zero-order valence-electron chi connectivity index (χ0n) is 16.8. The molecule has 0 saturated carbocycles. The summed E-state index contributed by atoms with van der Waals surface area (Å²) in [5, 5.41) is 9.63. The molecular weight excluding hydrogens is 410 g/mol. The quantitative estimate of drug-likeness (QED) is 0.377. The van der Waals surface area contributed by atoms with E-state index in [9.17, 15) is 4.79 Å². The first kappa shape index (κ1) is 19.3. The van der Waals surface area contributed by atoms with Gasteiger partial charge in [0.2, 0.25) is 0 Å². The van der Waals surface area contributed by atoms with Crippen LogP contribution < -0.4 is 5.56 Å². The number of hydrogen-bond donors (Lipinski definition) is 0. The fourth-order valence-electron chi connectivity index (χ4n) is 3.44. The molecular formula is C23H19N5O2S. The van der Waals surface area contributed by atoms with Crippen molar-refractivity contribution in [1.29, 1.82) is 0 Å². The molecule has 31 heavy (non-hydrogen) atoms. The second kappa shape index (κ2) is 8.23. The molecule has 0 saturated heterocycles. The van der Waals surface area contributed by atoms with Crippen molar-refractivity contribution >= 4 is 17.4 Å². The van der Waals surface area contributed by atoms with Crippen molar-refractivity contribution < 1.29 is 4.42 Å². The summed E-state index contributed by atoms with van der Waals surface area (Å²) in [6.07, 6.45) is 3.38. The van der Waals surface area contributed by atoms with Crippen LogP contribution in [-0.4, -0.2) is 24.1 Å². The zero-order chi connectivity index (χ0) is 21.2. The van der Waals surface area contributed by atoms with E-state index in [0.29, 0.717) is 23.6 Å². The normalized spacial score (nSPS) is 11.3. The van der Waals surface area contributed by atoms with Gasteiger partial charge in [-0.25, -0.2) is 4.98 Å². The number of pyridine rings is 1. The van der Waals surface area contributed by atoms with Gasteiger partial charge >= 0.3 is 0 Å². The smallest absolute Gasteiger partial charge is 0.258 e. The van der Waals surface area contributed by atoms with Crippen molar-refractivity contribution in [2.75, 3.05) is 0 Å². The first-order chi connectivity index (χ1) is 15.2. The Morgan fingerprint density at radius 3 is 2.68 bits per heavy atom. The van der Waals surface area contributed by atoms with E-state index >= 15 is 0 Å². The predicted octanol–water partition coefficient (Wildman–Crippen LogP) is 4.20. The zero-order valence-corrected chi connectivity index (χ0v) is 17.6. The molecule has 0 N–H and O–H groups in total. The van der Waals surface area contributed by atoms with Gasteiger partial charge in [-0.2, -0.15) is 0 Å². The SMILES string of the molecule is Cc1occc1-c1nnc(SCc2cc(=O)n3ccccc3n2)n1Cc1ccccc1. The first-order valence-corrected chi connectivity index (χ1v) is 10.8. The van der Waals surface area contributed by atoms with Crippen LogP contribution in [-0.2, 0) is 12.3 Å². The van der Waals surface area contributed by atoms with Gasteiger partial charge in [0.15, 0.2) is 11.0 Å². The molecule has 4 heterocycles. The van der Waals surface area contributed by atoms with Crippen LogP contribution in [0.1, 0.15) is 17.0 Å². The Hall–Kier alpha value is -3.65. The minimum atomic E-state index is -0.0957. The van der Waals surface area contributed by atoms with E-state index in [1.54, 1.807) is 18.5 Å². The summed E-state index contributed by atoms with van der Waals surface area (Å²) in [5.74, 6) is 2.06. The summed E-state index contributed by atoms with van der Waals surface area (Å²) in [6, 6.07) is 19.2. The maximum Gasteiger partial charge on any atom is 0.258 e. The van der Waals surface area contributed by atoms with Crippen LogP contribution in [0, 0.1) is 6.92 Å². The van der Waals surface area contributed by atoms with Crippen molar-refractivity contribution in [2.24, 2.45) is 0 Å². The largest absolute Gasteiger partial charge is 0.469 e. The maximum atomic E-state index is 12.4. The average Bonchev–Trinajstić information content (AvgIpc) is 3.38. The van der Waals surface area contributed by atoms with Crippen molar-refractivity contribution in [3.05, 3.63) is 100 Å². The van der Waals surface area contributed by atoms with E-state index in [0.717, 1.165) is 27.9 Å². The molecule has 0 aliphatic rings. The molecule has 0 bridgehead atoms. The number of rotatable bonds is 6. The molecule has 7 nitrogen and oxygen atoms in total. The summed E-state index contributed by atoms with van der Waals surface area (Å²) in [5.41, 5.74) is 3.30. The maximum absolute atomic E-state index is 12.4. The molecule has 4 aromatic heterocycles. The lowest BCUT2D eigenvalue weighted by atomic mass is 10.2. The van der Waals surface area contributed by atoms with E-state index in [-0.39, 0.29) is 5.56 Å². The second-order valence-electron chi connectivity index (χ2n) is 7.07. The first-order valence-electron chi connectivity index (χ1n) is 9.81. The second-order valence-corrected chi connectivity index (χ2v) is 8.01. The number of fused-ring (bicyclic) bond motifs is 1. The summed E-state index contributed by atoms with van der Waals surface area (Å²) >= 11 is 1.51. The Kier molecular flexibility index (Phi) is 5.13. The number of thioether (sulfide) groups is 1. The molecule has 0 fully saturated rings. The fraction of sp³-hybridized carbons (Fsp3) is 0.130. The Morgan fingerprint density at radius 1 is 1.03 bits per heavy atom. The number of aromatic nitrogens is 5. The fourth-order valence-corrected chi connectivity index (χ4v) is 4.27. The Bertz CT molecular complexity index is 1400. The lowest BCUT2D eigenvalue weighted by Crippen LogP contribution is -2.14. The highest BCUT2D eigenvalue weighted by molar-refractivity contribution is 7.98. The van der Waals surface area contributed by atoms with Gasteiger partial charge in [0, 0.05) is 18.0 Å². The number of furan rings is 1. The molecule has 0 amide bonds. The molecule has 5 rings (SSSR count). The van der Waals surface area contributed by atoms with E-state index in [2.05, 4.69) is 31.9 Å². The van der Waals surface area contributed by atoms with Crippen LogP contribution in [0.5, 0.6) is 0 Å². The third kappa shape index (κ3) is 3.89. The van der Waals surface area contributed by atoms with Crippen LogP contribution in [0.15, 0.2) is 87.5 Å². The van der Waals surface area contributed by atoms with Gasteiger partial charge in [-0.05, 0) is 30.7 Å². The number of hydrogen-bond acceptors (Lipinski definition) is 6. The molecule has 0 unspecified atom stereocenters. The van der Waals surface area contributed by atoms with Gasteiger partial charge in [0.05, 0.1) is 24.1 Å². The summed E-state index contributed by atoms with van der Waals surface area (Å²) < 4.78 is 9.09. The van der Waals surface area contributed by atoms with Gasteiger partial charge in [-0.15, -0.1) is 10.2 Å². The summed E-state index contributed by atoms with van der Waals surface area (Å²) in [6.45, 7) is 2.54. The van der Waals surface area contributed by atoms with Gasteiger partial charge in [-0.3, -0.25) is 13.8 Å². The molecule has 0 spiro atoms. The molecule has 154 valence electrons. The van der Waals surface area contributed by atoms with Crippen LogP contribution in [0.3, 0.4) is 0 Å². The Morgan fingerprint density at radius 2 is 1.87 bits per heavy atom. The van der Waals surface area contributed by atoms with Gasteiger partial charge < -0.3 is 4.42 Å². The Balaban J connectivity index is 1.48. The number of aryl methyl sites for hydroxylation is 1. The van der Waals surface area contributed by atoms with Gasteiger partial charge in [0.1, 0.15) is 11.4 Å². The third-order valence-electron chi connectivity index (χ3n) is 4.97. The minimum Gasteiger partial charge on any atom is -0.469 e. The van der Waals surface area contributed by atoms with Crippen LogP contribution in [0.25, 0.3) is 17.0 Å². The highest BCUT2D eigenvalue weighted by Gasteiger charge is 2.18. The molecule has 8 heteroatoms. The average molecular weight is 430 g/mol. The number of nitrogens with zero attached hydrogens (tertiary/aromatic N) is 5. The van der Waals surface area contributed by atoms with Gasteiger partial charge in [0.25, 0.3) is 5.56 Å². The van der Waals surface area contributed by atoms with E-state index < -0.39 is 0 Å². The van der Waals surface area contributed by atoms with Gasteiger partial charge in [-0.1, -0.05) is 48.2 Å². The molecule has 0 atom stereocenters. The third-order valence-corrected chi connectivity index (χ3v) is 5.97. The Labute approximate surface area is 182 Å². The summed E-state index contributed by atoms with van der Waals surface area (Å²) in [4.78, 5) is 17.0. The van der Waals surface area contributed by atoms with Crippen LogP contribution in [0.2, 0.25) is 0 Å². The highest BCUT2D eigenvalue weighted by atomic mass is 32.2. The van der Waals surface area contributed by atoms with Crippen molar-refractivity contribution in [2.45, 2.75) is 24.4 Å². The van der Waals surface area contributed by atoms with Crippen molar-refractivity contribution in [3.8, 4) is 11.4 Å². The van der Waals surface area contributed by atoms with E-state index in [4.69, 9.17) is 4.42 Å². The van der Waals surface area contributed by atoms with Crippen LogP contribution >= 0.6 is 11.8 Å². The van der Waals surface area contributed by atoms with Crippen molar-refractivity contribution in [1.82, 2.24) is 24.1 Å². The molecule has 0 radical (unpaired) electrons. The minimum absolute atomic E-state index is 0.0957. The summed E-state index contributed by atoms with van der Waals surface area (Å²) in [7, 11) is 0. The molecule has 1 aromatic carbocycles. The molecule has 5 aromatic rings. The monoisotopic (exact) mass is 429 g/mol. The number of benzene rings is 1. The van der Waals surface area contributed by atoms with E-state index in [1.807, 2.05) is 49.4 Å². The lowest BCUT2D eigenvalue weighted by molar-refractivity contribution is 0.534. The molecule has 0 aliphatic heterocycles. The topological polar surface area (TPSA) is 78.2 Å². The standard InChI is InChI=1S/C23H19N5O2S/c1-16-19(10-12-30-16)22-25-26-23(28(22)14-17-7-3-2-4-8-17)31-15-18-13-21(29)27-11-6-5-9-20(27)24-18/h2-13H,14-15H2,1H3.